The van der Waals surface area contributed by atoms with Crippen LogP contribution < -0.4 is 10.1 Å². The first-order chi connectivity index (χ1) is 18.9. The molecule has 4 rings (SSSR count). The Morgan fingerprint density at radius 3 is 2.36 bits per heavy atom. The summed E-state index contributed by atoms with van der Waals surface area (Å²) in [5.41, 5.74) is 3.15. The molecule has 0 bridgehead atoms. The van der Waals surface area contributed by atoms with Crippen molar-refractivity contribution in [2.24, 2.45) is 5.92 Å². The first-order valence-corrected chi connectivity index (χ1v) is 13.2. The van der Waals surface area contributed by atoms with Crippen molar-refractivity contribution >= 4 is 11.8 Å². The molecule has 2 amide bonds. The summed E-state index contributed by atoms with van der Waals surface area (Å²) in [6.45, 7) is 4.85. The Labute approximate surface area is 229 Å². The molecule has 1 N–H and O–H groups in total. The Balaban J connectivity index is 1.43. The Morgan fingerprint density at radius 1 is 0.949 bits per heavy atom. The third-order valence-electron chi connectivity index (χ3n) is 6.38. The summed E-state index contributed by atoms with van der Waals surface area (Å²) < 4.78 is 10.8. The molecule has 0 aliphatic rings. The standard InChI is InChI=1S/C32H35N3O4/c1-23(2)22-35(32(37)29-21-30(39-34-29)26-15-10-16-27(20-26)38-3)18-17-31(36)33-28(25-13-8-5-9-14-25)19-24-11-6-4-7-12-24/h4-16,20-21,23,28H,17-19,22H2,1-3H3,(H,33,36)/t28-/m1/s1. The maximum Gasteiger partial charge on any atom is 0.276 e. The van der Waals surface area contributed by atoms with Crippen molar-refractivity contribution in [1.29, 1.82) is 0 Å². The number of nitrogens with zero attached hydrogens (tertiary/aromatic N) is 2. The third kappa shape index (κ3) is 7.80. The van der Waals surface area contributed by atoms with Crippen LogP contribution in [0, 0.1) is 5.92 Å². The van der Waals surface area contributed by atoms with Gasteiger partial charge in [-0.2, -0.15) is 0 Å². The van der Waals surface area contributed by atoms with Gasteiger partial charge >= 0.3 is 0 Å². The van der Waals surface area contributed by atoms with Crippen molar-refractivity contribution < 1.29 is 18.8 Å². The lowest BCUT2D eigenvalue weighted by atomic mass is 9.98. The summed E-state index contributed by atoms with van der Waals surface area (Å²) in [5.74, 6) is 1.00. The molecule has 39 heavy (non-hydrogen) atoms. The van der Waals surface area contributed by atoms with E-state index in [1.807, 2.05) is 86.6 Å². The predicted molar refractivity (Wildman–Crippen MR) is 151 cm³/mol. The number of hydrogen-bond donors (Lipinski definition) is 1. The molecule has 0 saturated heterocycles. The second kappa shape index (κ2) is 13.4. The zero-order valence-corrected chi connectivity index (χ0v) is 22.7. The second-order valence-corrected chi connectivity index (χ2v) is 9.92. The number of benzene rings is 3. The van der Waals surface area contributed by atoms with Gasteiger partial charge in [0.05, 0.1) is 13.2 Å². The van der Waals surface area contributed by atoms with Gasteiger partial charge in [-0.3, -0.25) is 9.59 Å². The van der Waals surface area contributed by atoms with E-state index in [9.17, 15) is 9.59 Å². The lowest BCUT2D eigenvalue weighted by molar-refractivity contribution is -0.122. The highest BCUT2D eigenvalue weighted by Crippen LogP contribution is 2.25. The van der Waals surface area contributed by atoms with E-state index in [1.165, 1.54) is 0 Å². The van der Waals surface area contributed by atoms with E-state index in [-0.39, 0.29) is 42.4 Å². The predicted octanol–water partition coefficient (Wildman–Crippen LogP) is 5.94. The molecule has 0 unspecified atom stereocenters. The molecule has 0 spiro atoms. The smallest absolute Gasteiger partial charge is 0.276 e. The van der Waals surface area contributed by atoms with E-state index in [0.29, 0.717) is 24.5 Å². The summed E-state index contributed by atoms with van der Waals surface area (Å²) >= 11 is 0. The molecular weight excluding hydrogens is 490 g/mol. The Bertz CT molecular complexity index is 1350. The maximum absolute atomic E-state index is 13.4. The van der Waals surface area contributed by atoms with Gasteiger partial charge in [0.15, 0.2) is 11.5 Å². The molecular formula is C32H35N3O4. The highest BCUT2D eigenvalue weighted by Gasteiger charge is 2.23. The van der Waals surface area contributed by atoms with Gasteiger partial charge in [-0.1, -0.05) is 91.8 Å². The van der Waals surface area contributed by atoms with Gasteiger partial charge in [0, 0.05) is 31.1 Å². The van der Waals surface area contributed by atoms with Crippen LogP contribution in [0.4, 0.5) is 0 Å². The van der Waals surface area contributed by atoms with E-state index in [1.54, 1.807) is 18.1 Å². The van der Waals surface area contributed by atoms with E-state index in [0.717, 1.165) is 16.7 Å². The van der Waals surface area contributed by atoms with Crippen LogP contribution in [-0.4, -0.2) is 42.1 Å². The summed E-state index contributed by atoms with van der Waals surface area (Å²) in [6.07, 6.45) is 0.856. The van der Waals surface area contributed by atoms with Crippen LogP contribution in [0.1, 0.15) is 47.9 Å². The van der Waals surface area contributed by atoms with Gasteiger partial charge in [0.25, 0.3) is 5.91 Å². The normalized spacial score (nSPS) is 11.7. The van der Waals surface area contributed by atoms with Gasteiger partial charge in [0.2, 0.25) is 5.91 Å². The lowest BCUT2D eigenvalue weighted by Crippen LogP contribution is -2.38. The fraction of sp³-hybridized carbons (Fsp3) is 0.281. The summed E-state index contributed by atoms with van der Waals surface area (Å²) in [7, 11) is 1.60. The number of aromatic nitrogens is 1. The van der Waals surface area contributed by atoms with Gasteiger partial charge in [-0.05, 0) is 35.6 Å². The fourth-order valence-corrected chi connectivity index (χ4v) is 4.46. The summed E-state index contributed by atoms with van der Waals surface area (Å²) in [4.78, 5) is 28.2. The first-order valence-electron chi connectivity index (χ1n) is 13.2. The minimum Gasteiger partial charge on any atom is -0.497 e. The number of carbonyl (C=O) groups excluding carboxylic acids is 2. The Kier molecular flexibility index (Phi) is 9.51. The minimum atomic E-state index is -0.265. The number of carbonyl (C=O) groups is 2. The van der Waals surface area contributed by atoms with E-state index >= 15 is 0 Å². The maximum atomic E-state index is 13.4. The Hall–Kier alpha value is -4.39. The van der Waals surface area contributed by atoms with Crippen LogP contribution in [0.2, 0.25) is 0 Å². The molecule has 7 heteroatoms. The average molecular weight is 526 g/mol. The molecule has 0 radical (unpaired) electrons. The first kappa shape index (κ1) is 27.6. The van der Waals surface area contributed by atoms with Gasteiger partial charge in [-0.15, -0.1) is 0 Å². The number of hydrogen-bond acceptors (Lipinski definition) is 5. The molecule has 1 aromatic heterocycles. The topological polar surface area (TPSA) is 84.7 Å². The zero-order valence-electron chi connectivity index (χ0n) is 22.7. The highest BCUT2D eigenvalue weighted by atomic mass is 16.5. The van der Waals surface area contributed by atoms with E-state index in [2.05, 4.69) is 22.6 Å². The van der Waals surface area contributed by atoms with Gasteiger partial charge in [0.1, 0.15) is 5.75 Å². The average Bonchev–Trinajstić information content (AvgIpc) is 3.46. The van der Waals surface area contributed by atoms with Gasteiger partial charge in [-0.25, -0.2) is 0 Å². The summed E-state index contributed by atoms with van der Waals surface area (Å²) in [5, 5.41) is 7.21. The molecule has 3 aromatic carbocycles. The fourth-order valence-electron chi connectivity index (χ4n) is 4.46. The van der Waals surface area contributed by atoms with Crippen LogP contribution in [0.5, 0.6) is 5.75 Å². The van der Waals surface area contributed by atoms with Crippen molar-refractivity contribution in [1.82, 2.24) is 15.4 Å². The minimum absolute atomic E-state index is 0.112. The summed E-state index contributed by atoms with van der Waals surface area (Å²) in [6, 6.07) is 28.9. The van der Waals surface area contributed by atoms with E-state index < -0.39 is 0 Å². The van der Waals surface area contributed by atoms with Crippen LogP contribution in [0.15, 0.2) is 95.5 Å². The van der Waals surface area contributed by atoms with Crippen molar-refractivity contribution in [3.05, 3.63) is 108 Å². The largest absolute Gasteiger partial charge is 0.497 e. The van der Waals surface area contributed by atoms with E-state index in [4.69, 9.17) is 9.26 Å². The van der Waals surface area contributed by atoms with Crippen LogP contribution in [0.3, 0.4) is 0 Å². The molecule has 0 aliphatic heterocycles. The van der Waals surface area contributed by atoms with Crippen LogP contribution >= 0.6 is 0 Å². The van der Waals surface area contributed by atoms with Crippen molar-refractivity contribution in [3.8, 4) is 17.1 Å². The highest BCUT2D eigenvalue weighted by molar-refractivity contribution is 5.93. The number of amides is 2. The number of ether oxygens (including phenoxy) is 1. The monoisotopic (exact) mass is 525 g/mol. The van der Waals surface area contributed by atoms with Crippen LogP contribution in [0.25, 0.3) is 11.3 Å². The lowest BCUT2D eigenvalue weighted by Gasteiger charge is -2.24. The number of nitrogens with one attached hydrogen (secondary N) is 1. The zero-order chi connectivity index (χ0) is 27.6. The SMILES string of the molecule is COc1cccc(-c2cc(C(=O)N(CCC(=O)N[C@H](Cc3ccccc3)c3ccccc3)CC(C)C)no2)c1. The molecule has 1 atom stereocenters. The molecule has 0 aliphatic carbocycles. The van der Waals surface area contributed by atoms with Gasteiger partial charge < -0.3 is 19.5 Å². The number of methoxy groups -OCH3 is 1. The quantitative estimate of drug-likeness (QED) is 0.248. The third-order valence-corrected chi connectivity index (χ3v) is 6.38. The molecule has 1 heterocycles. The van der Waals surface area contributed by atoms with Crippen LogP contribution in [-0.2, 0) is 11.2 Å². The van der Waals surface area contributed by atoms with Crippen molar-refractivity contribution in [2.75, 3.05) is 20.2 Å². The molecule has 7 nitrogen and oxygen atoms in total. The molecule has 4 aromatic rings. The molecule has 202 valence electrons. The molecule has 0 saturated carbocycles. The second-order valence-electron chi connectivity index (χ2n) is 9.92. The van der Waals surface area contributed by atoms with Crippen molar-refractivity contribution in [3.63, 3.8) is 0 Å². The number of rotatable bonds is 12. The van der Waals surface area contributed by atoms with Crippen molar-refractivity contribution in [2.45, 2.75) is 32.7 Å². The Morgan fingerprint density at radius 2 is 1.67 bits per heavy atom. The molecule has 0 fully saturated rings.